The van der Waals surface area contributed by atoms with Gasteiger partial charge in [-0.2, -0.15) is 5.11 Å². The van der Waals surface area contributed by atoms with E-state index < -0.39 is 35.5 Å². The minimum Gasteiger partial charge on any atom is -0.271 e. The molecule has 2 amide bonds. The van der Waals surface area contributed by atoms with E-state index >= 15 is 0 Å². The quantitative estimate of drug-likeness (QED) is 0.805. The molecule has 6 nitrogen and oxygen atoms in total. The van der Waals surface area contributed by atoms with Crippen molar-refractivity contribution < 1.29 is 18.4 Å². The first-order valence-corrected chi connectivity index (χ1v) is 7.60. The average molecular weight is 342 g/mol. The molecule has 4 rings (SSSR count). The molecular formula is C17H12F2N4O2. The summed E-state index contributed by atoms with van der Waals surface area (Å²) in [5.74, 6) is -1.85. The zero-order valence-corrected chi connectivity index (χ0v) is 12.8. The molecular weight excluding hydrogens is 330 g/mol. The zero-order chi connectivity index (χ0) is 17.6. The van der Waals surface area contributed by atoms with Crippen molar-refractivity contribution in [2.75, 3.05) is 4.90 Å². The number of hydrogen-bond acceptors (Lipinski definition) is 5. The second kappa shape index (κ2) is 5.73. The van der Waals surface area contributed by atoms with Crippen LogP contribution in [-0.4, -0.2) is 28.9 Å². The van der Waals surface area contributed by atoms with Crippen molar-refractivity contribution in [3.63, 3.8) is 0 Å². The molecule has 0 N–H and O–H groups in total. The third-order valence-electron chi connectivity index (χ3n) is 4.18. The molecule has 1 saturated heterocycles. The first-order chi connectivity index (χ1) is 12.0. The fourth-order valence-electron chi connectivity index (χ4n) is 3.02. The smallest absolute Gasteiger partial charge is 0.263 e. The molecule has 25 heavy (non-hydrogen) atoms. The van der Waals surface area contributed by atoms with Gasteiger partial charge in [0.15, 0.2) is 12.1 Å². The molecule has 2 aliphatic rings. The molecule has 0 aromatic heterocycles. The first-order valence-electron chi connectivity index (χ1n) is 7.60. The molecule has 126 valence electrons. The van der Waals surface area contributed by atoms with Crippen molar-refractivity contribution >= 4 is 17.5 Å². The summed E-state index contributed by atoms with van der Waals surface area (Å²) < 4.78 is 26.4. The highest BCUT2D eigenvalue weighted by atomic mass is 19.1. The van der Waals surface area contributed by atoms with E-state index in [0.29, 0.717) is 5.56 Å². The van der Waals surface area contributed by atoms with Crippen LogP contribution >= 0.6 is 0 Å². The van der Waals surface area contributed by atoms with Crippen molar-refractivity contribution in [1.82, 2.24) is 5.01 Å². The number of rotatable bonds is 3. The molecule has 0 bridgehead atoms. The van der Waals surface area contributed by atoms with E-state index in [0.717, 1.165) is 4.90 Å². The van der Waals surface area contributed by atoms with E-state index in [1.165, 1.54) is 41.4 Å². The van der Waals surface area contributed by atoms with Crippen LogP contribution in [0.2, 0.25) is 0 Å². The van der Waals surface area contributed by atoms with Crippen LogP contribution < -0.4 is 4.90 Å². The number of benzene rings is 2. The van der Waals surface area contributed by atoms with Gasteiger partial charge in [-0.1, -0.05) is 17.4 Å². The Morgan fingerprint density at radius 1 is 0.960 bits per heavy atom. The Kier molecular flexibility index (Phi) is 3.52. The second-order valence-electron chi connectivity index (χ2n) is 5.81. The Bertz CT molecular complexity index is 884. The van der Waals surface area contributed by atoms with Crippen molar-refractivity contribution in [1.29, 1.82) is 0 Å². The number of carbonyl (C=O) groups is 2. The zero-order valence-electron chi connectivity index (χ0n) is 12.8. The fraction of sp³-hybridized carbons (Fsp3) is 0.176. The molecule has 2 heterocycles. The van der Waals surface area contributed by atoms with Gasteiger partial charge in [-0.3, -0.25) is 14.6 Å². The van der Waals surface area contributed by atoms with Crippen molar-refractivity contribution in [3.8, 4) is 0 Å². The first kappa shape index (κ1) is 15.4. The van der Waals surface area contributed by atoms with E-state index in [4.69, 9.17) is 0 Å². The summed E-state index contributed by atoms with van der Waals surface area (Å²) in [6.07, 6.45) is 0. The molecule has 0 radical (unpaired) electrons. The minimum absolute atomic E-state index is 0.151. The number of halogens is 2. The van der Waals surface area contributed by atoms with Crippen LogP contribution in [0.5, 0.6) is 0 Å². The van der Waals surface area contributed by atoms with E-state index in [9.17, 15) is 18.4 Å². The molecule has 1 fully saturated rings. The van der Waals surface area contributed by atoms with E-state index in [1.54, 1.807) is 12.1 Å². The number of fused-ring (bicyclic) bond motifs is 1. The van der Waals surface area contributed by atoms with Gasteiger partial charge in [0, 0.05) is 0 Å². The summed E-state index contributed by atoms with van der Waals surface area (Å²) in [4.78, 5) is 26.2. The summed E-state index contributed by atoms with van der Waals surface area (Å²) in [5, 5.41) is 9.17. The van der Waals surface area contributed by atoms with Crippen LogP contribution in [0, 0.1) is 11.6 Å². The lowest BCUT2D eigenvalue weighted by molar-refractivity contribution is -0.123. The number of anilines is 1. The molecule has 2 aromatic carbocycles. The Morgan fingerprint density at radius 2 is 1.72 bits per heavy atom. The van der Waals surface area contributed by atoms with Crippen molar-refractivity contribution in [2.24, 2.45) is 10.3 Å². The predicted molar refractivity (Wildman–Crippen MR) is 83.3 cm³/mol. The molecule has 0 aliphatic carbocycles. The monoisotopic (exact) mass is 342 g/mol. The summed E-state index contributed by atoms with van der Waals surface area (Å²) in [7, 11) is 0. The molecule has 8 heteroatoms. The highest BCUT2D eigenvalue weighted by Gasteiger charge is 2.54. The molecule has 0 unspecified atom stereocenters. The number of imide groups is 1. The van der Waals surface area contributed by atoms with Gasteiger partial charge in [-0.05, 0) is 42.0 Å². The van der Waals surface area contributed by atoms with Gasteiger partial charge in [0.25, 0.3) is 11.8 Å². The third-order valence-corrected chi connectivity index (χ3v) is 4.18. The van der Waals surface area contributed by atoms with Gasteiger partial charge in [0.2, 0.25) is 0 Å². The Labute approximate surface area is 141 Å². The van der Waals surface area contributed by atoms with Crippen molar-refractivity contribution in [3.05, 3.63) is 65.7 Å². The average Bonchev–Trinajstić information content (AvgIpc) is 3.10. The summed E-state index contributed by atoms with van der Waals surface area (Å²) in [6, 6.07) is 9.17. The Morgan fingerprint density at radius 3 is 2.44 bits per heavy atom. The highest BCUT2D eigenvalue weighted by Crippen LogP contribution is 2.32. The molecule has 2 aliphatic heterocycles. The van der Waals surface area contributed by atoms with E-state index in [2.05, 4.69) is 10.3 Å². The fourth-order valence-corrected chi connectivity index (χ4v) is 3.02. The SMILES string of the molecule is O=C1[C@@H]2[C@@H](N=NN2Cc2cccc(F)c2)C(=O)N1c1ccc(F)cc1. The third kappa shape index (κ3) is 2.55. The Hall–Kier alpha value is -3.16. The van der Waals surface area contributed by atoms with Crippen LogP contribution in [0.1, 0.15) is 5.56 Å². The maximum atomic E-state index is 13.3. The number of carbonyl (C=O) groups excluding carboxylic acids is 2. The molecule has 2 aromatic rings. The standard InChI is InChI=1S/C17H12F2N4O2/c18-11-4-6-13(7-5-11)23-16(24)14-15(17(23)25)22(21-20-14)9-10-2-1-3-12(19)8-10/h1-8,14-15H,9H2/t14-,15+/m1/s1. The number of nitrogens with zero attached hydrogens (tertiary/aromatic N) is 4. The minimum atomic E-state index is -0.939. The lowest BCUT2D eigenvalue weighted by Gasteiger charge is -2.20. The van der Waals surface area contributed by atoms with Gasteiger partial charge in [-0.15, -0.1) is 0 Å². The predicted octanol–water partition coefficient (Wildman–Crippen LogP) is 2.46. The maximum Gasteiger partial charge on any atom is 0.263 e. The normalized spacial score (nSPS) is 22.0. The summed E-state index contributed by atoms with van der Waals surface area (Å²) >= 11 is 0. The van der Waals surface area contributed by atoms with Gasteiger partial charge < -0.3 is 0 Å². The van der Waals surface area contributed by atoms with Crippen LogP contribution in [0.25, 0.3) is 0 Å². The lowest BCUT2D eigenvalue weighted by atomic mass is 10.1. The summed E-state index contributed by atoms with van der Waals surface area (Å²) in [5.41, 5.74) is 0.895. The lowest BCUT2D eigenvalue weighted by Crippen LogP contribution is -2.39. The van der Waals surface area contributed by atoms with Crippen LogP contribution in [-0.2, 0) is 16.1 Å². The largest absolute Gasteiger partial charge is 0.271 e. The van der Waals surface area contributed by atoms with Gasteiger partial charge in [0.1, 0.15) is 11.6 Å². The van der Waals surface area contributed by atoms with Gasteiger partial charge >= 0.3 is 0 Å². The van der Waals surface area contributed by atoms with Crippen molar-refractivity contribution in [2.45, 2.75) is 18.6 Å². The molecule has 2 atom stereocenters. The number of hydrogen-bond donors (Lipinski definition) is 0. The molecule has 0 saturated carbocycles. The Balaban J connectivity index is 1.60. The van der Waals surface area contributed by atoms with E-state index in [1.807, 2.05) is 0 Å². The van der Waals surface area contributed by atoms with Gasteiger partial charge in [0.05, 0.1) is 12.2 Å². The summed E-state index contributed by atoms with van der Waals surface area (Å²) in [6.45, 7) is 0.151. The second-order valence-corrected chi connectivity index (χ2v) is 5.81. The maximum absolute atomic E-state index is 13.3. The van der Waals surface area contributed by atoms with E-state index in [-0.39, 0.29) is 12.2 Å². The number of amides is 2. The topological polar surface area (TPSA) is 65.3 Å². The molecule has 0 spiro atoms. The van der Waals surface area contributed by atoms with Crippen LogP contribution in [0.15, 0.2) is 58.9 Å². The van der Waals surface area contributed by atoms with Crippen LogP contribution in [0.4, 0.5) is 14.5 Å². The highest BCUT2D eigenvalue weighted by molar-refractivity contribution is 6.25. The van der Waals surface area contributed by atoms with Crippen LogP contribution in [0.3, 0.4) is 0 Å². The van der Waals surface area contributed by atoms with Gasteiger partial charge in [-0.25, -0.2) is 13.7 Å².